The number of amides is 1. The van der Waals surface area contributed by atoms with Crippen molar-refractivity contribution in [2.45, 2.75) is 0 Å². The Morgan fingerprint density at radius 1 is 1.44 bits per heavy atom. The summed E-state index contributed by atoms with van der Waals surface area (Å²) >= 11 is 0. The molecule has 1 aromatic rings. The lowest BCUT2D eigenvalue weighted by Gasteiger charge is -1.97. The van der Waals surface area contributed by atoms with E-state index in [0.29, 0.717) is 5.56 Å². The quantitative estimate of drug-likeness (QED) is 0.295. The standard InChI is InChI=1S/C10H10N4O2/c11-14-10-12-7(9(16)13-10)5-6-3-1-2-4-8(6)15/h1-5,15H,11H2,(H2,12,13,14,16)/b7-5-. The van der Waals surface area contributed by atoms with Gasteiger partial charge in [0.05, 0.1) is 0 Å². The molecule has 1 aromatic carbocycles. The fourth-order valence-corrected chi connectivity index (χ4v) is 1.29. The molecule has 0 radical (unpaired) electrons. The topological polar surface area (TPSA) is 99.7 Å². The van der Waals surface area contributed by atoms with Crippen LogP contribution >= 0.6 is 0 Å². The molecule has 6 heteroatoms. The number of nitrogens with one attached hydrogen (secondary N) is 2. The molecule has 0 saturated carbocycles. The first-order valence-corrected chi connectivity index (χ1v) is 4.57. The zero-order valence-corrected chi connectivity index (χ0v) is 8.27. The highest BCUT2D eigenvalue weighted by molar-refractivity contribution is 6.13. The number of carbonyl (C=O) groups is 1. The Balaban J connectivity index is 2.35. The molecule has 5 N–H and O–H groups in total. The second-order valence-electron chi connectivity index (χ2n) is 3.15. The van der Waals surface area contributed by atoms with Gasteiger partial charge in [0.2, 0.25) is 5.96 Å². The molecule has 82 valence electrons. The Morgan fingerprint density at radius 3 is 2.81 bits per heavy atom. The van der Waals surface area contributed by atoms with Gasteiger partial charge in [0.25, 0.3) is 5.91 Å². The van der Waals surface area contributed by atoms with E-state index in [1.54, 1.807) is 18.2 Å². The van der Waals surface area contributed by atoms with E-state index in [0.717, 1.165) is 0 Å². The monoisotopic (exact) mass is 218 g/mol. The van der Waals surface area contributed by atoms with E-state index in [-0.39, 0.29) is 23.3 Å². The van der Waals surface area contributed by atoms with Gasteiger partial charge >= 0.3 is 0 Å². The Kier molecular flexibility index (Phi) is 2.57. The molecular formula is C10H10N4O2. The summed E-state index contributed by atoms with van der Waals surface area (Å²) in [5, 5.41) is 11.9. The van der Waals surface area contributed by atoms with Crippen molar-refractivity contribution in [3.63, 3.8) is 0 Å². The highest BCUT2D eigenvalue weighted by atomic mass is 16.3. The Morgan fingerprint density at radius 2 is 2.19 bits per heavy atom. The maximum Gasteiger partial charge on any atom is 0.276 e. The van der Waals surface area contributed by atoms with Crippen molar-refractivity contribution >= 4 is 17.9 Å². The van der Waals surface area contributed by atoms with Crippen LogP contribution in [0, 0.1) is 0 Å². The number of guanidine groups is 1. The first-order valence-electron chi connectivity index (χ1n) is 4.57. The van der Waals surface area contributed by atoms with Crippen LogP contribution < -0.4 is 16.6 Å². The van der Waals surface area contributed by atoms with Crippen LogP contribution in [0.3, 0.4) is 0 Å². The molecule has 1 aliphatic rings. The second kappa shape index (κ2) is 4.03. The summed E-state index contributed by atoms with van der Waals surface area (Å²) in [6.45, 7) is 0. The molecule has 6 nitrogen and oxygen atoms in total. The highest BCUT2D eigenvalue weighted by Gasteiger charge is 2.19. The van der Waals surface area contributed by atoms with Crippen LogP contribution in [0.25, 0.3) is 6.08 Å². The molecule has 1 heterocycles. The number of nitrogens with zero attached hydrogens (tertiary/aromatic N) is 1. The Labute approximate surface area is 91.5 Å². The summed E-state index contributed by atoms with van der Waals surface area (Å²) in [5.74, 6) is 5.02. The van der Waals surface area contributed by atoms with Crippen molar-refractivity contribution in [3.8, 4) is 5.75 Å². The zero-order chi connectivity index (χ0) is 11.5. The summed E-state index contributed by atoms with van der Waals surface area (Å²) in [6, 6.07) is 6.66. The normalized spacial score (nSPS) is 17.2. The second-order valence-corrected chi connectivity index (χ2v) is 3.15. The molecule has 16 heavy (non-hydrogen) atoms. The van der Waals surface area contributed by atoms with Gasteiger partial charge in [-0.15, -0.1) is 0 Å². The number of phenolic OH excluding ortho intramolecular Hbond substituents is 1. The van der Waals surface area contributed by atoms with Crippen LogP contribution in [0.1, 0.15) is 5.56 Å². The van der Waals surface area contributed by atoms with Crippen molar-refractivity contribution in [3.05, 3.63) is 35.5 Å². The highest BCUT2D eigenvalue weighted by Crippen LogP contribution is 2.20. The molecule has 0 saturated heterocycles. The number of hydrogen-bond donors (Lipinski definition) is 4. The molecule has 0 spiro atoms. The van der Waals surface area contributed by atoms with Crippen LogP contribution in [0.2, 0.25) is 0 Å². The number of rotatable bonds is 1. The van der Waals surface area contributed by atoms with Gasteiger partial charge in [-0.3, -0.25) is 15.5 Å². The van der Waals surface area contributed by atoms with Crippen molar-refractivity contribution in [1.29, 1.82) is 0 Å². The molecule has 2 rings (SSSR count). The Bertz CT molecular complexity index is 493. The van der Waals surface area contributed by atoms with Crippen LogP contribution in [0.4, 0.5) is 0 Å². The predicted molar refractivity (Wildman–Crippen MR) is 59.0 cm³/mol. The van der Waals surface area contributed by atoms with Crippen LogP contribution in [-0.2, 0) is 4.79 Å². The van der Waals surface area contributed by atoms with Gasteiger partial charge in [0.1, 0.15) is 11.4 Å². The molecule has 0 bridgehead atoms. The average Bonchev–Trinajstić information content (AvgIpc) is 2.63. The first-order chi connectivity index (χ1) is 7.70. The number of nitrogens with two attached hydrogens (primary N) is 1. The van der Waals surface area contributed by atoms with Gasteiger partial charge in [-0.25, -0.2) is 10.8 Å². The number of para-hydroxylation sites is 1. The van der Waals surface area contributed by atoms with E-state index in [4.69, 9.17) is 5.84 Å². The van der Waals surface area contributed by atoms with Crippen LogP contribution in [0.5, 0.6) is 5.75 Å². The number of phenols is 1. The third-order valence-corrected chi connectivity index (χ3v) is 2.06. The van der Waals surface area contributed by atoms with Crippen LogP contribution in [-0.4, -0.2) is 17.0 Å². The molecule has 0 aromatic heterocycles. The Hall–Kier alpha value is -2.34. The maximum absolute atomic E-state index is 11.4. The van der Waals surface area contributed by atoms with E-state index < -0.39 is 0 Å². The van der Waals surface area contributed by atoms with Gasteiger partial charge in [0, 0.05) is 5.56 Å². The van der Waals surface area contributed by atoms with E-state index in [1.165, 1.54) is 12.1 Å². The van der Waals surface area contributed by atoms with Gasteiger partial charge in [0.15, 0.2) is 0 Å². The average molecular weight is 218 g/mol. The van der Waals surface area contributed by atoms with Gasteiger partial charge < -0.3 is 5.11 Å². The smallest absolute Gasteiger partial charge is 0.276 e. The molecular weight excluding hydrogens is 208 g/mol. The minimum absolute atomic E-state index is 0.0900. The molecule has 0 unspecified atom stereocenters. The molecule has 0 atom stereocenters. The van der Waals surface area contributed by atoms with Crippen molar-refractivity contribution in [2.24, 2.45) is 10.8 Å². The van der Waals surface area contributed by atoms with Gasteiger partial charge in [-0.2, -0.15) is 0 Å². The predicted octanol–water partition coefficient (Wildman–Crippen LogP) is -0.318. The number of benzene rings is 1. The third kappa shape index (κ3) is 1.86. The van der Waals surface area contributed by atoms with E-state index in [2.05, 4.69) is 15.7 Å². The lowest BCUT2D eigenvalue weighted by Crippen LogP contribution is -2.40. The van der Waals surface area contributed by atoms with E-state index in [1.807, 2.05) is 0 Å². The van der Waals surface area contributed by atoms with Gasteiger partial charge in [-0.1, -0.05) is 18.2 Å². The fraction of sp³-hybridized carbons (Fsp3) is 0. The van der Waals surface area contributed by atoms with E-state index in [9.17, 15) is 9.90 Å². The van der Waals surface area contributed by atoms with Gasteiger partial charge in [-0.05, 0) is 12.1 Å². The number of hydrazine groups is 1. The minimum atomic E-state index is -0.365. The number of aliphatic imine (C=N–C) groups is 1. The fourth-order valence-electron chi connectivity index (χ4n) is 1.29. The zero-order valence-electron chi connectivity index (χ0n) is 8.27. The first kappa shape index (κ1) is 10.2. The lowest BCUT2D eigenvalue weighted by atomic mass is 10.1. The largest absolute Gasteiger partial charge is 0.507 e. The maximum atomic E-state index is 11.4. The lowest BCUT2D eigenvalue weighted by molar-refractivity contribution is -0.115. The van der Waals surface area contributed by atoms with Crippen molar-refractivity contribution < 1.29 is 9.90 Å². The summed E-state index contributed by atoms with van der Waals surface area (Å²) in [6.07, 6.45) is 1.48. The summed E-state index contributed by atoms with van der Waals surface area (Å²) in [4.78, 5) is 15.3. The molecule has 0 fully saturated rings. The van der Waals surface area contributed by atoms with Crippen molar-refractivity contribution in [1.82, 2.24) is 10.7 Å². The summed E-state index contributed by atoms with van der Waals surface area (Å²) in [7, 11) is 0. The number of aromatic hydroxyl groups is 1. The molecule has 1 aliphatic heterocycles. The molecule has 1 amide bonds. The number of carbonyl (C=O) groups excluding carboxylic acids is 1. The third-order valence-electron chi connectivity index (χ3n) is 2.06. The SMILES string of the molecule is NNC1=N/C(=C\c2ccccc2O)C(=O)N1. The molecule has 0 aliphatic carbocycles. The van der Waals surface area contributed by atoms with Crippen molar-refractivity contribution in [2.75, 3.05) is 0 Å². The van der Waals surface area contributed by atoms with Crippen LogP contribution in [0.15, 0.2) is 35.0 Å². The summed E-state index contributed by atoms with van der Waals surface area (Å²) < 4.78 is 0. The minimum Gasteiger partial charge on any atom is -0.507 e. The summed E-state index contributed by atoms with van der Waals surface area (Å²) in [5.41, 5.74) is 2.95. The van der Waals surface area contributed by atoms with E-state index >= 15 is 0 Å². The number of hydrogen-bond acceptors (Lipinski definition) is 5.